The molecule has 0 spiro atoms. The number of amides is 1. The fourth-order valence-corrected chi connectivity index (χ4v) is 2.91. The van der Waals surface area contributed by atoms with E-state index >= 15 is 0 Å². The summed E-state index contributed by atoms with van der Waals surface area (Å²) in [6.07, 6.45) is 0. The van der Waals surface area contributed by atoms with Gasteiger partial charge in [-0.25, -0.2) is 0 Å². The van der Waals surface area contributed by atoms with E-state index < -0.39 is 0 Å². The Morgan fingerprint density at radius 3 is 2.52 bits per heavy atom. The van der Waals surface area contributed by atoms with Gasteiger partial charge in [0.15, 0.2) is 0 Å². The van der Waals surface area contributed by atoms with Crippen LogP contribution in [0.3, 0.4) is 0 Å². The Morgan fingerprint density at radius 1 is 1.19 bits per heavy atom. The summed E-state index contributed by atoms with van der Waals surface area (Å²) in [5.41, 5.74) is 1.74. The summed E-state index contributed by atoms with van der Waals surface area (Å²) in [4.78, 5) is 14.5. The van der Waals surface area contributed by atoms with Crippen molar-refractivity contribution in [2.45, 2.75) is 6.54 Å². The molecule has 0 aliphatic carbocycles. The third kappa shape index (κ3) is 4.69. The summed E-state index contributed by atoms with van der Waals surface area (Å²) in [5.74, 6) is -0.00315. The van der Waals surface area contributed by atoms with Crippen LogP contribution in [0.2, 0.25) is 5.02 Å². The van der Waals surface area contributed by atoms with Gasteiger partial charge in [0.2, 0.25) is 0 Å². The second-order valence-corrected chi connectivity index (χ2v) is 6.89. The van der Waals surface area contributed by atoms with Gasteiger partial charge in [0.1, 0.15) is 0 Å². The minimum absolute atomic E-state index is 0.00315. The predicted molar refractivity (Wildman–Crippen MR) is 99.1 cm³/mol. The molecule has 0 radical (unpaired) electrons. The molecule has 2 aromatic rings. The Balaban J connectivity index is 2.20. The largest absolute Gasteiger partial charge is 0.333 e. The molecule has 2 aromatic carbocycles. The first-order valence-electron chi connectivity index (χ1n) is 6.46. The molecule has 0 heterocycles. The molecule has 21 heavy (non-hydrogen) atoms. The van der Waals surface area contributed by atoms with Crippen molar-refractivity contribution in [3.05, 3.63) is 68.3 Å². The van der Waals surface area contributed by atoms with Gasteiger partial charge in [0, 0.05) is 27.6 Å². The van der Waals surface area contributed by atoms with Crippen molar-refractivity contribution in [1.82, 2.24) is 4.90 Å². The smallest absolute Gasteiger partial charge is 0.254 e. The number of nitrogens with zero attached hydrogens (tertiary/aromatic N) is 1. The molecule has 0 unspecified atom stereocenters. The fourth-order valence-electron chi connectivity index (χ4n) is 1.97. The van der Waals surface area contributed by atoms with Gasteiger partial charge in [0.25, 0.3) is 5.91 Å². The van der Waals surface area contributed by atoms with Crippen LogP contribution in [0.1, 0.15) is 15.9 Å². The van der Waals surface area contributed by atoms with Crippen molar-refractivity contribution in [3.8, 4) is 0 Å². The highest BCUT2D eigenvalue weighted by molar-refractivity contribution is 14.1. The molecule has 0 saturated heterocycles. The minimum Gasteiger partial charge on any atom is -0.333 e. The molecule has 0 aromatic heterocycles. The Labute approximate surface area is 151 Å². The SMILES string of the molecule is O=C(c1ccc(I)c(Cl)c1)N(CCBr)Cc1ccccc1. The Hall–Kier alpha value is -0.590. The summed E-state index contributed by atoms with van der Waals surface area (Å²) in [7, 11) is 0. The lowest BCUT2D eigenvalue weighted by atomic mass is 10.1. The van der Waals surface area contributed by atoms with Gasteiger partial charge in [0.05, 0.1) is 5.02 Å². The number of benzene rings is 2. The molecular weight excluding hydrogens is 464 g/mol. The van der Waals surface area contributed by atoms with E-state index in [0.29, 0.717) is 23.7 Å². The topological polar surface area (TPSA) is 20.3 Å². The molecule has 110 valence electrons. The molecule has 1 amide bonds. The average Bonchev–Trinajstić information content (AvgIpc) is 2.50. The second-order valence-electron chi connectivity index (χ2n) is 4.53. The first-order chi connectivity index (χ1) is 10.1. The highest BCUT2D eigenvalue weighted by Crippen LogP contribution is 2.21. The quantitative estimate of drug-likeness (QED) is 0.438. The maximum atomic E-state index is 12.6. The van der Waals surface area contributed by atoms with Crippen molar-refractivity contribution in [1.29, 1.82) is 0 Å². The van der Waals surface area contributed by atoms with Crippen LogP contribution in [-0.4, -0.2) is 22.7 Å². The molecule has 0 aliphatic heterocycles. The first kappa shape index (κ1) is 16.8. The summed E-state index contributed by atoms with van der Waals surface area (Å²) in [6.45, 7) is 1.24. The van der Waals surface area contributed by atoms with E-state index in [1.54, 1.807) is 6.07 Å². The van der Waals surface area contributed by atoms with E-state index in [4.69, 9.17) is 11.6 Å². The van der Waals surface area contributed by atoms with Crippen LogP contribution < -0.4 is 0 Å². The number of carbonyl (C=O) groups is 1. The molecule has 0 fully saturated rings. The lowest BCUT2D eigenvalue weighted by molar-refractivity contribution is 0.0754. The van der Waals surface area contributed by atoms with Crippen LogP contribution in [0, 0.1) is 3.57 Å². The van der Waals surface area contributed by atoms with Gasteiger partial charge in [-0.15, -0.1) is 0 Å². The van der Waals surface area contributed by atoms with Crippen molar-refractivity contribution in [2.75, 3.05) is 11.9 Å². The van der Waals surface area contributed by atoms with Gasteiger partial charge in [-0.05, 0) is 46.4 Å². The molecule has 0 N–H and O–H groups in total. The lowest BCUT2D eigenvalue weighted by Crippen LogP contribution is -2.32. The zero-order chi connectivity index (χ0) is 15.2. The van der Waals surface area contributed by atoms with Crippen molar-refractivity contribution >= 4 is 56.0 Å². The van der Waals surface area contributed by atoms with Gasteiger partial charge < -0.3 is 4.90 Å². The number of hydrogen-bond donors (Lipinski definition) is 0. The molecule has 0 saturated carbocycles. The van der Waals surface area contributed by atoms with Gasteiger partial charge in [-0.2, -0.15) is 0 Å². The predicted octanol–water partition coefficient (Wildman–Crippen LogP) is 4.98. The van der Waals surface area contributed by atoms with Gasteiger partial charge >= 0.3 is 0 Å². The summed E-state index contributed by atoms with van der Waals surface area (Å²) in [6, 6.07) is 15.4. The maximum Gasteiger partial charge on any atom is 0.254 e. The molecule has 2 rings (SSSR count). The van der Waals surface area contributed by atoms with Crippen LogP contribution in [-0.2, 0) is 6.54 Å². The van der Waals surface area contributed by atoms with Crippen LogP contribution in [0.4, 0.5) is 0 Å². The van der Waals surface area contributed by atoms with E-state index in [2.05, 4.69) is 38.5 Å². The van der Waals surface area contributed by atoms with E-state index in [9.17, 15) is 4.79 Å². The Bertz CT molecular complexity index is 621. The second kappa shape index (κ2) is 8.15. The molecule has 2 nitrogen and oxygen atoms in total. The Kier molecular flexibility index (Phi) is 6.51. The standard InChI is InChI=1S/C16H14BrClINO/c17-8-9-20(11-12-4-2-1-3-5-12)16(21)13-6-7-15(19)14(18)10-13/h1-7,10H,8-9,11H2. The lowest BCUT2D eigenvalue weighted by Gasteiger charge is -2.22. The minimum atomic E-state index is -0.00315. The highest BCUT2D eigenvalue weighted by Gasteiger charge is 2.16. The number of alkyl halides is 1. The van der Waals surface area contributed by atoms with Crippen molar-refractivity contribution in [2.24, 2.45) is 0 Å². The highest BCUT2D eigenvalue weighted by atomic mass is 127. The molecule has 5 heteroatoms. The van der Waals surface area contributed by atoms with Crippen molar-refractivity contribution in [3.63, 3.8) is 0 Å². The normalized spacial score (nSPS) is 10.4. The van der Waals surface area contributed by atoms with Crippen molar-refractivity contribution < 1.29 is 4.79 Å². The molecular formula is C16H14BrClINO. The van der Waals surface area contributed by atoms with E-state index in [0.717, 1.165) is 14.5 Å². The molecule has 0 atom stereocenters. The summed E-state index contributed by atoms with van der Waals surface area (Å²) >= 11 is 11.7. The van der Waals surface area contributed by atoms with Gasteiger partial charge in [-0.3, -0.25) is 4.79 Å². The van der Waals surface area contributed by atoms with Gasteiger partial charge in [-0.1, -0.05) is 57.9 Å². The third-order valence-electron chi connectivity index (χ3n) is 3.02. The number of halogens is 3. The van der Waals surface area contributed by atoms with E-state index in [1.807, 2.05) is 47.4 Å². The Morgan fingerprint density at radius 2 is 1.90 bits per heavy atom. The molecule has 0 bridgehead atoms. The zero-order valence-electron chi connectivity index (χ0n) is 11.2. The van der Waals surface area contributed by atoms with E-state index in [1.165, 1.54) is 0 Å². The maximum absolute atomic E-state index is 12.6. The zero-order valence-corrected chi connectivity index (χ0v) is 15.7. The first-order valence-corrected chi connectivity index (χ1v) is 9.04. The number of rotatable bonds is 5. The number of hydrogen-bond acceptors (Lipinski definition) is 1. The number of carbonyl (C=O) groups excluding carboxylic acids is 1. The van der Waals surface area contributed by atoms with Crippen LogP contribution in [0.25, 0.3) is 0 Å². The van der Waals surface area contributed by atoms with Crippen LogP contribution in [0.15, 0.2) is 48.5 Å². The average molecular weight is 479 g/mol. The fraction of sp³-hybridized carbons (Fsp3) is 0.188. The summed E-state index contributed by atoms with van der Waals surface area (Å²) in [5, 5.41) is 1.35. The summed E-state index contributed by atoms with van der Waals surface area (Å²) < 4.78 is 0.945. The van der Waals surface area contributed by atoms with Crippen LogP contribution in [0.5, 0.6) is 0 Å². The van der Waals surface area contributed by atoms with E-state index in [-0.39, 0.29) is 5.91 Å². The monoisotopic (exact) mass is 477 g/mol. The third-order valence-corrected chi connectivity index (χ3v) is 4.95. The molecule has 0 aliphatic rings. The van der Waals surface area contributed by atoms with Crippen LogP contribution >= 0.6 is 50.1 Å².